The summed E-state index contributed by atoms with van der Waals surface area (Å²) < 4.78 is 0. The minimum atomic E-state index is -0.981. The van der Waals surface area contributed by atoms with Gasteiger partial charge in [-0.1, -0.05) is 88.0 Å². The van der Waals surface area contributed by atoms with E-state index < -0.39 is 12.1 Å². The molecule has 0 spiro atoms. The monoisotopic (exact) mass is 477 g/mol. The Hall–Kier alpha value is -2.81. The van der Waals surface area contributed by atoms with Crippen molar-refractivity contribution in [3.05, 3.63) is 89.5 Å². The van der Waals surface area contributed by atoms with Crippen molar-refractivity contribution >= 4 is 17.7 Å². The lowest BCUT2D eigenvalue weighted by Gasteiger charge is -2.20. The predicted molar refractivity (Wildman–Crippen MR) is 140 cm³/mol. The third-order valence-corrected chi connectivity index (χ3v) is 6.76. The maximum absolute atomic E-state index is 11.3. The Bertz CT molecular complexity index is 993. The van der Waals surface area contributed by atoms with Gasteiger partial charge in [-0.25, -0.2) is 4.79 Å². The molecular formula is C29H35NO3S. The number of nitriles is 1. The highest BCUT2D eigenvalue weighted by Crippen LogP contribution is 2.34. The SMILES string of the molecule is CCCCCCCCC/C=C\C=C\[C@@H](Sc1cccc(C(=O)O)c1)[C@@H](O)c1cccc(C#N)c1. The number of aliphatic hydroxyl groups is 1. The lowest BCUT2D eigenvalue weighted by Crippen LogP contribution is -2.13. The lowest BCUT2D eigenvalue weighted by atomic mass is 10.0. The quantitative estimate of drug-likeness (QED) is 0.156. The van der Waals surface area contributed by atoms with Crippen molar-refractivity contribution in [3.63, 3.8) is 0 Å². The van der Waals surface area contributed by atoms with E-state index in [1.54, 1.807) is 42.5 Å². The van der Waals surface area contributed by atoms with E-state index in [1.807, 2.05) is 24.3 Å². The Labute approximate surface area is 208 Å². The number of hydrogen-bond donors (Lipinski definition) is 2. The molecule has 0 aromatic heterocycles. The minimum absolute atomic E-state index is 0.211. The van der Waals surface area contributed by atoms with Crippen LogP contribution in [0.3, 0.4) is 0 Å². The zero-order valence-corrected chi connectivity index (χ0v) is 20.7. The van der Waals surface area contributed by atoms with E-state index in [9.17, 15) is 20.3 Å². The van der Waals surface area contributed by atoms with Gasteiger partial charge in [-0.2, -0.15) is 5.26 Å². The van der Waals surface area contributed by atoms with E-state index in [1.165, 1.54) is 56.7 Å². The Balaban J connectivity index is 2.03. The topological polar surface area (TPSA) is 81.3 Å². The van der Waals surface area contributed by atoms with Crippen molar-refractivity contribution in [1.82, 2.24) is 0 Å². The maximum atomic E-state index is 11.3. The smallest absolute Gasteiger partial charge is 0.335 e. The molecular weight excluding hydrogens is 442 g/mol. The van der Waals surface area contributed by atoms with Gasteiger partial charge in [0, 0.05) is 4.90 Å². The molecule has 180 valence electrons. The fourth-order valence-electron chi connectivity index (χ4n) is 3.62. The number of aliphatic hydroxyl groups excluding tert-OH is 1. The normalized spacial score (nSPS) is 13.2. The second-order valence-corrected chi connectivity index (χ2v) is 9.57. The summed E-state index contributed by atoms with van der Waals surface area (Å²) in [6.07, 6.45) is 17.2. The van der Waals surface area contributed by atoms with E-state index in [-0.39, 0.29) is 10.8 Å². The van der Waals surface area contributed by atoms with Gasteiger partial charge in [0.1, 0.15) is 0 Å². The van der Waals surface area contributed by atoms with Gasteiger partial charge < -0.3 is 10.2 Å². The van der Waals surface area contributed by atoms with E-state index in [0.717, 1.165) is 11.3 Å². The summed E-state index contributed by atoms with van der Waals surface area (Å²) in [5, 5.41) is 29.2. The molecule has 0 fully saturated rings. The Morgan fingerprint density at radius 1 is 1.03 bits per heavy atom. The first-order valence-corrected chi connectivity index (χ1v) is 12.9. The van der Waals surface area contributed by atoms with E-state index >= 15 is 0 Å². The van der Waals surface area contributed by atoms with Gasteiger partial charge in [0.15, 0.2) is 0 Å². The number of carboxylic acid groups (broad SMARTS) is 1. The summed E-state index contributed by atoms with van der Waals surface area (Å²) in [6, 6.07) is 15.8. The minimum Gasteiger partial charge on any atom is -0.478 e. The Morgan fingerprint density at radius 3 is 2.50 bits per heavy atom. The van der Waals surface area contributed by atoms with Crippen molar-refractivity contribution in [1.29, 1.82) is 5.26 Å². The number of hydrogen-bond acceptors (Lipinski definition) is 4. The molecule has 0 saturated heterocycles. The first-order valence-electron chi connectivity index (χ1n) is 12.1. The van der Waals surface area contributed by atoms with Crippen molar-refractivity contribution in [2.75, 3.05) is 0 Å². The molecule has 0 aliphatic heterocycles. The van der Waals surface area contributed by atoms with Crippen molar-refractivity contribution in [3.8, 4) is 6.07 Å². The molecule has 0 amide bonds. The summed E-state index contributed by atoms with van der Waals surface area (Å²) in [4.78, 5) is 12.1. The number of rotatable bonds is 15. The fourth-order valence-corrected chi connectivity index (χ4v) is 4.74. The number of unbranched alkanes of at least 4 members (excludes halogenated alkanes) is 7. The van der Waals surface area contributed by atoms with Crippen molar-refractivity contribution < 1.29 is 15.0 Å². The Kier molecular flexibility index (Phi) is 12.9. The number of thioether (sulfide) groups is 1. The van der Waals surface area contributed by atoms with Crippen LogP contribution in [0, 0.1) is 11.3 Å². The lowest BCUT2D eigenvalue weighted by molar-refractivity contribution is 0.0696. The van der Waals surface area contributed by atoms with Gasteiger partial charge >= 0.3 is 5.97 Å². The van der Waals surface area contributed by atoms with Crippen LogP contribution in [0.1, 0.15) is 85.9 Å². The van der Waals surface area contributed by atoms with E-state index in [2.05, 4.69) is 19.1 Å². The van der Waals surface area contributed by atoms with E-state index in [4.69, 9.17) is 0 Å². The van der Waals surface area contributed by atoms with Crippen LogP contribution in [-0.2, 0) is 0 Å². The molecule has 0 aliphatic carbocycles. The molecule has 0 radical (unpaired) electrons. The van der Waals surface area contributed by atoms with Crippen molar-refractivity contribution in [2.45, 2.75) is 74.5 Å². The molecule has 0 bridgehead atoms. The summed E-state index contributed by atoms with van der Waals surface area (Å²) in [7, 11) is 0. The fraction of sp³-hybridized carbons (Fsp3) is 0.379. The van der Waals surface area contributed by atoms with Crippen LogP contribution in [0.2, 0.25) is 0 Å². The maximum Gasteiger partial charge on any atom is 0.335 e. The van der Waals surface area contributed by atoms with Crippen LogP contribution >= 0.6 is 11.8 Å². The first kappa shape index (κ1) is 27.4. The third kappa shape index (κ3) is 9.99. The molecule has 0 aliphatic rings. The van der Waals surface area contributed by atoms with Crippen LogP contribution < -0.4 is 0 Å². The first-order chi connectivity index (χ1) is 16.5. The number of carboxylic acids is 1. The van der Waals surface area contributed by atoms with Crippen LogP contribution in [0.15, 0.2) is 77.7 Å². The summed E-state index contributed by atoms with van der Waals surface area (Å²) in [5.74, 6) is -0.981. The highest BCUT2D eigenvalue weighted by molar-refractivity contribution is 8.00. The third-order valence-electron chi connectivity index (χ3n) is 5.54. The highest BCUT2D eigenvalue weighted by atomic mass is 32.2. The number of carbonyl (C=O) groups is 1. The molecule has 2 atom stereocenters. The van der Waals surface area contributed by atoms with E-state index in [0.29, 0.717) is 11.1 Å². The molecule has 2 aromatic rings. The zero-order valence-electron chi connectivity index (χ0n) is 19.9. The highest BCUT2D eigenvalue weighted by Gasteiger charge is 2.20. The van der Waals surface area contributed by atoms with Gasteiger partial charge in [0.2, 0.25) is 0 Å². The number of nitrogens with zero attached hydrogens (tertiary/aromatic N) is 1. The summed E-state index contributed by atoms with van der Waals surface area (Å²) in [6.45, 7) is 2.23. The molecule has 2 N–H and O–H groups in total. The van der Waals surface area contributed by atoms with Gasteiger partial charge in [0.25, 0.3) is 0 Å². The Morgan fingerprint density at radius 2 is 1.76 bits per heavy atom. The molecule has 2 rings (SSSR count). The van der Waals surface area contributed by atoms with Gasteiger partial charge in [-0.3, -0.25) is 0 Å². The molecule has 0 saturated carbocycles. The molecule has 5 heteroatoms. The second kappa shape index (κ2) is 15.9. The predicted octanol–water partition coefficient (Wildman–Crippen LogP) is 7.70. The largest absolute Gasteiger partial charge is 0.478 e. The average molecular weight is 478 g/mol. The molecule has 4 nitrogen and oxygen atoms in total. The number of benzene rings is 2. The van der Waals surface area contributed by atoms with Crippen LogP contribution in [0.25, 0.3) is 0 Å². The van der Waals surface area contributed by atoms with Crippen LogP contribution in [0.4, 0.5) is 0 Å². The number of allylic oxidation sites excluding steroid dienone is 3. The standard InChI is InChI=1S/C29H35NO3S/c1-2-3-4-5-6-7-8-9-10-11-12-19-27(28(31)24-16-13-15-23(20-24)22-30)34-26-18-14-17-25(21-26)29(32)33/h10-21,27-28,31H,2-9H2,1H3,(H,32,33)/b11-10-,19-12+/t27-,28+/m1/s1. The van der Waals surface area contributed by atoms with Gasteiger partial charge in [-0.15, -0.1) is 11.8 Å². The van der Waals surface area contributed by atoms with Gasteiger partial charge in [-0.05, 0) is 48.7 Å². The molecule has 2 aromatic carbocycles. The molecule has 0 heterocycles. The number of aromatic carboxylic acids is 1. The van der Waals surface area contributed by atoms with Crippen LogP contribution in [0.5, 0.6) is 0 Å². The van der Waals surface area contributed by atoms with Crippen molar-refractivity contribution in [2.24, 2.45) is 0 Å². The second-order valence-electron chi connectivity index (χ2n) is 8.32. The summed E-state index contributed by atoms with van der Waals surface area (Å²) >= 11 is 1.40. The zero-order chi connectivity index (χ0) is 24.6. The average Bonchev–Trinajstić information content (AvgIpc) is 2.86. The van der Waals surface area contributed by atoms with Gasteiger partial charge in [0.05, 0.1) is 28.6 Å². The molecule has 0 unspecified atom stereocenters. The summed E-state index contributed by atoms with van der Waals surface area (Å²) in [5.41, 5.74) is 1.36. The molecule has 34 heavy (non-hydrogen) atoms. The van der Waals surface area contributed by atoms with Crippen LogP contribution in [-0.4, -0.2) is 21.4 Å².